The number of thioether (sulfide) groups is 1. The Morgan fingerprint density at radius 3 is 2.76 bits per heavy atom. The molecule has 1 heterocycles. The molecule has 0 saturated carbocycles. The van der Waals surface area contributed by atoms with Crippen LogP contribution in [0.1, 0.15) is 5.56 Å². The molecule has 1 fully saturated rings. The third kappa shape index (κ3) is 3.25. The largest absolute Gasteiger partial charge is 0.272 e. The Hall–Kier alpha value is -1.46. The van der Waals surface area contributed by atoms with Crippen LogP contribution in [-0.4, -0.2) is 27.2 Å². The topological polar surface area (TPSA) is 32.7 Å². The molecule has 0 N–H and O–H groups in total. The number of nitrogens with zero attached hydrogens (tertiary/aromatic N) is 2. The molecule has 1 aromatic carbocycles. The summed E-state index contributed by atoms with van der Waals surface area (Å²) in [7, 11) is 0. The van der Waals surface area contributed by atoms with E-state index in [1.807, 2.05) is 36.4 Å². The van der Waals surface area contributed by atoms with Crippen LogP contribution in [-0.2, 0) is 4.79 Å². The quantitative estimate of drug-likeness (QED) is 0.620. The predicted octanol–water partition coefficient (Wildman–Crippen LogP) is 2.55. The van der Waals surface area contributed by atoms with E-state index in [0.717, 1.165) is 5.56 Å². The third-order valence-corrected chi connectivity index (χ3v) is 3.42. The molecule has 1 aliphatic rings. The van der Waals surface area contributed by atoms with Gasteiger partial charge in [0.05, 0.1) is 5.75 Å². The fraction of sp³-hybridized carbons (Fsp3) is 0.0833. The normalized spacial score (nSPS) is 16.6. The summed E-state index contributed by atoms with van der Waals surface area (Å²) in [6, 6.07) is 9.88. The summed E-state index contributed by atoms with van der Waals surface area (Å²) in [6.45, 7) is 0. The van der Waals surface area contributed by atoms with Crippen LogP contribution in [0.4, 0.5) is 0 Å². The van der Waals surface area contributed by atoms with Gasteiger partial charge < -0.3 is 0 Å². The molecule has 3 nitrogen and oxygen atoms in total. The molecule has 1 amide bonds. The molecule has 0 aliphatic carbocycles. The fourth-order valence-electron chi connectivity index (χ4n) is 1.28. The lowest BCUT2D eigenvalue weighted by Gasteiger charge is -2.04. The molecule has 2 rings (SSSR count). The lowest BCUT2D eigenvalue weighted by Crippen LogP contribution is -2.22. The second-order valence-corrected chi connectivity index (χ2v) is 4.90. The van der Waals surface area contributed by atoms with Crippen molar-refractivity contribution in [3.8, 4) is 0 Å². The van der Waals surface area contributed by atoms with Gasteiger partial charge in [-0.05, 0) is 11.6 Å². The first-order valence-electron chi connectivity index (χ1n) is 5.03. The Morgan fingerprint density at radius 1 is 1.35 bits per heavy atom. The number of hydrogen-bond donors (Lipinski definition) is 0. The number of carbonyl (C=O) groups is 1. The minimum absolute atomic E-state index is 0.0654. The van der Waals surface area contributed by atoms with Crippen molar-refractivity contribution in [2.45, 2.75) is 0 Å². The van der Waals surface area contributed by atoms with E-state index in [0.29, 0.717) is 10.1 Å². The van der Waals surface area contributed by atoms with Crippen LogP contribution in [0.2, 0.25) is 0 Å². The van der Waals surface area contributed by atoms with Gasteiger partial charge in [0.1, 0.15) is 0 Å². The first kappa shape index (κ1) is 12.0. The van der Waals surface area contributed by atoms with Crippen LogP contribution in [0.15, 0.2) is 41.5 Å². The molecule has 1 aliphatic heterocycles. The summed E-state index contributed by atoms with van der Waals surface area (Å²) in [4.78, 5) is 11.3. The lowest BCUT2D eigenvalue weighted by atomic mass is 10.2. The lowest BCUT2D eigenvalue weighted by molar-refractivity contribution is -0.123. The minimum atomic E-state index is -0.0654. The summed E-state index contributed by atoms with van der Waals surface area (Å²) in [6.07, 6.45) is 5.28. The molecule has 1 aromatic rings. The first-order chi connectivity index (χ1) is 8.27. The third-order valence-electron chi connectivity index (χ3n) is 2.08. The van der Waals surface area contributed by atoms with E-state index in [9.17, 15) is 4.79 Å². The van der Waals surface area contributed by atoms with Gasteiger partial charge in [0.15, 0.2) is 4.32 Å². The van der Waals surface area contributed by atoms with E-state index in [1.165, 1.54) is 16.8 Å². The van der Waals surface area contributed by atoms with Crippen LogP contribution >= 0.6 is 24.0 Å². The monoisotopic (exact) mass is 262 g/mol. The molecule has 0 atom stereocenters. The standard InChI is InChI=1S/C12H10N2OS2/c15-11-9-17-12(16)14(11)13-8-4-7-10-5-2-1-3-6-10/h1-8H,9H2/b7-4+,13-8+. The van der Waals surface area contributed by atoms with E-state index >= 15 is 0 Å². The van der Waals surface area contributed by atoms with Crippen molar-refractivity contribution in [3.05, 3.63) is 42.0 Å². The number of hydrazone groups is 1. The molecule has 0 bridgehead atoms. The summed E-state index contributed by atoms with van der Waals surface area (Å²) in [5.41, 5.74) is 1.09. The van der Waals surface area contributed by atoms with Gasteiger partial charge in [-0.2, -0.15) is 10.1 Å². The van der Waals surface area contributed by atoms with Crippen molar-refractivity contribution in [2.75, 3.05) is 5.75 Å². The number of carbonyl (C=O) groups excluding carboxylic acids is 1. The molecule has 86 valence electrons. The van der Waals surface area contributed by atoms with E-state index < -0.39 is 0 Å². The maximum atomic E-state index is 11.3. The highest BCUT2D eigenvalue weighted by Gasteiger charge is 2.25. The molecular formula is C12H10N2OS2. The second kappa shape index (κ2) is 5.75. The summed E-state index contributed by atoms with van der Waals surface area (Å²) in [5.74, 6) is 0.322. The van der Waals surface area contributed by atoms with Gasteiger partial charge in [0, 0.05) is 6.21 Å². The molecule has 1 saturated heterocycles. The summed E-state index contributed by atoms with van der Waals surface area (Å²) in [5, 5.41) is 5.27. The second-order valence-electron chi connectivity index (χ2n) is 3.29. The zero-order valence-electron chi connectivity index (χ0n) is 8.95. The highest BCUT2D eigenvalue weighted by molar-refractivity contribution is 8.23. The van der Waals surface area contributed by atoms with Gasteiger partial charge in [-0.25, -0.2) is 0 Å². The number of benzene rings is 1. The van der Waals surface area contributed by atoms with Crippen molar-refractivity contribution in [2.24, 2.45) is 5.10 Å². The molecule has 0 radical (unpaired) electrons. The zero-order valence-corrected chi connectivity index (χ0v) is 10.6. The number of amides is 1. The minimum Gasteiger partial charge on any atom is -0.272 e. The van der Waals surface area contributed by atoms with E-state index in [4.69, 9.17) is 12.2 Å². The van der Waals surface area contributed by atoms with Crippen molar-refractivity contribution >= 4 is 46.5 Å². The van der Waals surface area contributed by atoms with E-state index in [1.54, 1.807) is 12.3 Å². The Balaban J connectivity index is 1.96. The maximum absolute atomic E-state index is 11.3. The van der Waals surface area contributed by atoms with Crippen LogP contribution in [0.3, 0.4) is 0 Å². The van der Waals surface area contributed by atoms with Crippen LogP contribution < -0.4 is 0 Å². The Bertz CT molecular complexity index is 467. The van der Waals surface area contributed by atoms with Gasteiger partial charge in [0.25, 0.3) is 5.91 Å². The molecular weight excluding hydrogens is 252 g/mol. The number of hydrogen-bond acceptors (Lipinski definition) is 4. The summed E-state index contributed by atoms with van der Waals surface area (Å²) < 4.78 is 0.513. The SMILES string of the molecule is O=C1CSC(=S)N1/N=C/C=C/c1ccccc1. The van der Waals surface area contributed by atoms with Gasteiger partial charge in [-0.15, -0.1) is 0 Å². The Morgan fingerprint density at radius 2 is 2.12 bits per heavy atom. The van der Waals surface area contributed by atoms with Gasteiger partial charge in [-0.3, -0.25) is 4.79 Å². The molecule has 17 heavy (non-hydrogen) atoms. The molecule has 0 aromatic heterocycles. The van der Waals surface area contributed by atoms with Crippen molar-refractivity contribution in [1.29, 1.82) is 0 Å². The summed E-state index contributed by atoms with van der Waals surface area (Å²) >= 11 is 6.33. The average Bonchev–Trinajstić information content (AvgIpc) is 2.67. The van der Waals surface area contributed by atoms with Gasteiger partial charge in [0.2, 0.25) is 0 Å². The molecule has 0 spiro atoms. The average molecular weight is 262 g/mol. The van der Waals surface area contributed by atoms with Crippen LogP contribution in [0.5, 0.6) is 0 Å². The predicted molar refractivity (Wildman–Crippen MR) is 75.9 cm³/mol. The smallest absolute Gasteiger partial charge is 0.259 e. The maximum Gasteiger partial charge on any atom is 0.259 e. The van der Waals surface area contributed by atoms with Crippen molar-refractivity contribution < 1.29 is 4.79 Å². The van der Waals surface area contributed by atoms with Gasteiger partial charge in [-0.1, -0.05) is 60.4 Å². The number of allylic oxidation sites excluding steroid dienone is 1. The molecule has 0 unspecified atom stereocenters. The highest BCUT2D eigenvalue weighted by atomic mass is 32.2. The van der Waals surface area contributed by atoms with Crippen LogP contribution in [0.25, 0.3) is 6.08 Å². The van der Waals surface area contributed by atoms with Gasteiger partial charge >= 0.3 is 0 Å². The highest BCUT2D eigenvalue weighted by Crippen LogP contribution is 2.18. The van der Waals surface area contributed by atoms with E-state index in [-0.39, 0.29) is 5.91 Å². The molecule has 5 heteroatoms. The number of rotatable bonds is 3. The first-order valence-corrected chi connectivity index (χ1v) is 6.42. The Kier molecular flexibility index (Phi) is 4.06. The van der Waals surface area contributed by atoms with E-state index in [2.05, 4.69) is 5.10 Å². The number of thiocarbonyl (C=S) groups is 1. The van der Waals surface area contributed by atoms with Crippen LogP contribution in [0, 0.1) is 0 Å². The van der Waals surface area contributed by atoms with Crippen molar-refractivity contribution in [3.63, 3.8) is 0 Å². The Labute approximate surface area is 109 Å². The zero-order chi connectivity index (χ0) is 12.1. The van der Waals surface area contributed by atoms with Crippen molar-refractivity contribution in [1.82, 2.24) is 5.01 Å². The fourth-order valence-corrected chi connectivity index (χ4v) is 2.25.